The number of hydrogen-bond donors (Lipinski definition) is 1. The van der Waals surface area contributed by atoms with Crippen molar-refractivity contribution in [2.45, 2.75) is 37.7 Å². The molecular formula is C14H16O4. The van der Waals surface area contributed by atoms with Gasteiger partial charge in [0.25, 0.3) is 0 Å². The average Bonchev–Trinajstić information content (AvgIpc) is 3.05. The van der Waals surface area contributed by atoms with Crippen LogP contribution in [-0.4, -0.2) is 24.3 Å². The van der Waals surface area contributed by atoms with E-state index < -0.39 is 11.4 Å². The SMILES string of the molecule is COc1cc(C2(C(=O)O)CC2)cc2c1OC(C)C2. The Hall–Kier alpha value is -1.71. The summed E-state index contributed by atoms with van der Waals surface area (Å²) in [6, 6.07) is 3.79. The highest BCUT2D eigenvalue weighted by molar-refractivity contribution is 5.85. The third kappa shape index (κ3) is 1.48. The third-order valence-electron chi connectivity index (χ3n) is 3.89. The summed E-state index contributed by atoms with van der Waals surface area (Å²) in [5.74, 6) is 0.686. The first-order valence-corrected chi connectivity index (χ1v) is 6.18. The van der Waals surface area contributed by atoms with Crippen molar-refractivity contribution in [3.05, 3.63) is 23.3 Å². The van der Waals surface area contributed by atoms with Gasteiger partial charge in [0, 0.05) is 12.0 Å². The van der Waals surface area contributed by atoms with E-state index in [1.54, 1.807) is 7.11 Å². The van der Waals surface area contributed by atoms with Crippen molar-refractivity contribution < 1.29 is 19.4 Å². The Kier molecular flexibility index (Phi) is 2.30. The molecule has 1 N–H and O–H groups in total. The van der Waals surface area contributed by atoms with Gasteiger partial charge in [-0.1, -0.05) is 6.07 Å². The van der Waals surface area contributed by atoms with Crippen LogP contribution in [0.4, 0.5) is 0 Å². The van der Waals surface area contributed by atoms with Crippen LogP contribution >= 0.6 is 0 Å². The van der Waals surface area contributed by atoms with Gasteiger partial charge >= 0.3 is 5.97 Å². The summed E-state index contributed by atoms with van der Waals surface area (Å²) < 4.78 is 11.0. The molecule has 0 bridgehead atoms. The summed E-state index contributed by atoms with van der Waals surface area (Å²) in [6.07, 6.45) is 2.36. The van der Waals surface area contributed by atoms with Gasteiger partial charge in [0.2, 0.25) is 0 Å². The van der Waals surface area contributed by atoms with Crippen LogP contribution in [0.3, 0.4) is 0 Å². The highest BCUT2D eigenvalue weighted by Crippen LogP contribution is 2.51. The zero-order chi connectivity index (χ0) is 12.9. The standard InChI is InChI=1S/C14H16O4/c1-8-5-9-6-10(14(3-4-14)13(15)16)7-11(17-2)12(9)18-8/h6-8H,3-5H2,1-2H3,(H,15,16). The van der Waals surface area contributed by atoms with Gasteiger partial charge in [-0.3, -0.25) is 4.79 Å². The average molecular weight is 248 g/mol. The molecule has 96 valence electrons. The quantitative estimate of drug-likeness (QED) is 0.890. The number of rotatable bonds is 3. The van der Waals surface area contributed by atoms with Crippen molar-refractivity contribution in [3.8, 4) is 11.5 Å². The molecule has 1 aromatic carbocycles. The van der Waals surface area contributed by atoms with Crippen molar-refractivity contribution in [3.63, 3.8) is 0 Å². The number of aliphatic carboxylic acids is 1. The molecule has 2 aliphatic rings. The number of carbonyl (C=O) groups is 1. The van der Waals surface area contributed by atoms with E-state index in [-0.39, 0.29) is 6.10 Å². The molecule has 3 rings (SSSR count). The molecule has 1 fully saturated rings. The van der Waals surface area contributed by atoms with Gasteiger partial charge in [0.05, 0.1) is 12.5 Å². The highest BCUT2D eigenvalue weighted by atomic mass is 16.5. The predicted molar refractivity (Wildman–Crippen MR) is 65.3 cm³/mol. The number of fused-ring (bicyclic) bond motifs is 1. The second-order valence-electron chi connectivity index (χ2n) is 5.19. The molecule has 0 aromatic heterocycles. The molecule has 0 spiro atoms. The van der Waals surface area contributed by atoms with Crippen molar-refractivity contribution in [2.24, 2.45) is 0 Å². The molecule has 0 saturated heterocycles. The molecule has 1 saturated carbocycles. The van der Waals surface area contributed by atoms with E-state index in [1.165, 1.54) is 0 Å². The lowest BCUT2D eigenvalue weighted by Gasteiger charge is -2.14. The summed E-state index contributed by atoms with van der Waals surface area (Å²) >= 11 is 0. The minimum absolute atomic E-state index is 0.129. The first-order valence-electron chi connectivity index (χ1n) is 6.18. The topological polar surface area (TPSA) is 55.8 Å². The number of carboxylic acid groups (broad SMARTS) is 1. The van der Waals surface area contributed by atoms with E-state index >= 15 is 0 Å². The van der Waals surface area contributed by atoms with Crippen LogP contribution in [0.5, 0.6) is 11.5 Å². The molecule has 4 nitrogen and oxygen atoms in total. The fraction of sp³-hybridized carbons (Fsp3) is 0.500. The molecule has 1 atom stereocenters. The molecule has 4 heteroatoms. The fourth-order valence-corrected chi connectivity index (χ4v) is 2.68. The molecule has 18 heavy (non-hydrogen) atoms. The van der Waals surface area contributed by atoms with Crippen LogP contribution in [-0.2, 0) is 16.6 Å². The van der Waals surface area contributed by atoms with Crippen molar-refractivity contribution in [2.75, 3.05) is 7.11 Å². The zero-order valence-corrected chi connectivity index (χ0v) is 10.5. The summed E-state index contributed by atoms with van der Waals surface area (Å²) in [6.45, 7) is 2.00. The van der Waals surface area contributed by atoms with Gasteiger partial charge in [-0.05, 0) is 31.4 Å². The lowest BCUT2D eigenvalue weighted by Crippen LogP contribution is -2.19. The third-order valence-corrected chi connectivity index (χ3v) is 3.89. The fourth-order valence-electron chi connectivity index (χ4n) is 2.68. The van der Waals surface area contributed by atoms with Crippen molar-refractivity contribution in [1.29, 1.82) is 0 Å². The second kappa shape index (κ2) is 3.64. The number of hydrogen-bond acceptors (Lipinski definition) is 3. The molecular weight excluding hydrogens is 232 g/mol. The monoisotopic (exact) mass is 248 g/mol. The summed E-state index contributed by atoms with van der Waals surface area (Å²) in [5.41, 5.74) is 1.22. The molecule has 0 radical (unpaired) electrons. The maximum atomic E-state index is 11.4. The number of carboxylic acids is 1. The smallest absolute Gasteiger partial charge is 0.314 e. The lowest BCUT2D eigenvalue weighted by atomic mass is 9.93. The van der Waals surface area contributed by atoms with Gasteiger partial charge in [-0.25, -0.2) is 0 Å². The molecule has 1 heterocycles. The number of methoxy groups -OCH3 is 1. The first kappa shape index (κ1) is 11.4. The maximum Gasteiger partial charge on any atom is 0.314 e. The Morgan fingerprint density at radius 1 is 1.50 bits per heavy atom. The zero-order valence-electron chi connectivity index (χ0n) is 10.5. The van der Waals surface area contributed by atoms with Gasteiger partial charge in [-0.2, -0.15) is 0 Å². The molecule has 1 aliphatic heterocycles. The normalized spacial score (nSPS) is 23.1. The Labute approximate surface area is 106 Å². The van der Waals surface area contributed by atoms with E-state index in [0.717, 1.165) is 23.3 Å². The molecule has 0 amide bonds. The Morgan fingerprint density at radius 3 is 2.78 bits per heavy atom. The van der Waals surface area contributed by atoms with Crippen molar-refractivity contribution in [1.82, 2.24) is 0 Å². The van der Waals surface area contributed by atoms with Gasteiger partial charge in [0.1, 0.15) is 6.10 Å². The second-order valence-corrected chi connectivity index (χ2v) is 5.19. The van der Waals surface area contributed by atoms with E-state index in [9.17, 15) is 9.90 Å². The lowest BCUT2D eigenvalue weighted by molar-refractivity contribution is -0.140. The van der Waals surface area contributed by atoms with Crippen LogP contribution in [0.15, 0.2) is 12.1 Å². The minimum atomic E-state index is -0.739. The number of benzene rings is 1. The van der Waals surface area contributed by atoms with E-state index in [0.29, 0.717) is 18.6 Å². The summed E-state index contributed by atoms with van der Waals surface area (Å²) in [5, 5.41) is 9.35. The van der Waals surface area contributed by atoms with Crippen LogP contribution in [0.25, 0.3) is 0 Å². The molecule has 1 aliphatic carbocycles. The van der Waals surface area contributed by atoms with Crippen LogP contribution < -0.4 is 9.47 Å². The number of ether oxygens (including phenoxy) is 2. The van der Waals surface area contributed by atoms with Gasteiger partial charge < -0.3 is 14.6 Å². The van der Waals surface area contributed by atoms with E-state index in [4.69, 9.17) is 9.47 Å². The highest BCUT2D eigenvalue weighted by Gasteiger charge is 2.52. The molecule has 1 unspecified atom stereocenters. The van der Waals surface area contributed by atoms with E-state index in [2.05, 4.69) is 0 Å². The van der Waals surface area contributed by atoms with E-state index in [1.807, 2.05) is 19.1 Å². The predicted octanol–water partition coefficient (Wildman–Crippen LogP) is 2.13. The Morgan fingerprint density at radius 2 is 2.22 bits per heavy atom. The van der Waals surface area contributed by atoms with Crippen LogP contribution in [0.2, 0.25) is 0 Å². The maximum absolute atomic E-state index is 11.4. The Balaban J connectivity index is 2.09. The minimum Gasteiger partial charge on any atom is -0.493 e. The summed E-state index contributed by atoms with van der Waals surface area (Å²) in [4.78, 5) is 11.4. The largest absolute Gasteiger partial charge is 0.493 e. The van der Waals surface area contributed by atoms with Crippen molar-refractivity contribution >= 4 is 5.97 Å². The summed E-state index contributed by atoms with van der Waals surface area (Å²) in [7, 11) is 1.59. The first-order chi connectivity index (χ1) is 8.56. The van der Waals surface area contributed by atoms with Gasteiger partial charge in [0.15, 0.2) is 11.5 Å². The van der Waals surface area contributed by atoms with Gasteiger partial charge in [-0.15, -0.1) is 0 Å². The Bertz CT molecular complexity index is 517. The van der Waals surface area contributed by atoms with Crippen LogP contribution in [0.1, 0.15) is 30.9 Å². The van der Waals surface area contributed by atoms with Crippen LogP contribution in [0, 0.1) is 0 Å². The molecule has 1 aromatic rings.